The van der Waals surface area contributed by atoms with Gasteiger partial charge in [0.05, 0.1) is 9.12 Å². The molecule has 0 unspecified atom stereocenters. The van der Waals surface area contributed by atoms with Crippen molar-refractivity contribution in [2.24, 2.45) is 0 Å². The number of rotatable bonds is 3. The Morgan fingerprint density at radius 1 is 1.06 bits per heavy atom. The van der Waals surface area contributed by atoms with E-state index in [2.05, 4.69) is 0 Å². The summed E-state index contributed by atoms with van der Waals surface area (Å²) in [7, 11) is 0. The second-order valence-electron chi connectivity index (χ2n) is 3.51. The summed E-state index contributed by atoms with van der Waals surface area (Å²) < 4.78 is 0.754. The van der Waals surface area contributed by atoms with Gasteiger partial charge in [-0.3, -0.25) is 10.1 Å². The van der Waals surface area contributed by atoms with Gasteiger partial charge in [-0.05, 0) is 17.7 Å². The summed E-state index contributed by atoms with van der Waals surface area (Å²) in [5.41, 5.74) is 1.07. The Kier molecular flexibility index (Phi) is 4.07. The lowest BCUT2D eigenvalue weighted by Gasteiger charge is -2.03. The van der Waals surface area contributed by atoms with Crippen LogP contribution in [0.25, 0.3) is 0 Å². The highest BCUT2D eigenvalue weighted by Crippen LogP contribution is 2.25. The van der Waals surface area contributed by atoms with E-state index in [9.17, 15) is 10.1 Å². The van der Waals surface area contributed by atoms with E-state index in [1.54, 1.807) is 12.1 Å². The molecule has 0 aliphatic heterocycles. The fraction of sp³-hybridized carbons (Fsp3) is 0. The molecular weight excluding hydrogens is 266 g/mol. The van der Waals surface area contributed by atoms with Crippen molar-refractivity contribution in [3.63, 3.8) is 0 Å². The monoisotopic (exact) mass is 275 g/mol. The van der Waals surface area contributed by atoms with E-state index in [0.717, 1.165) is 14.7 Å². The summed E-state index contributed by atoms with van der Waals surface area (Å²) in [6, 6.07) is 16.1. The van der Waals surface area contributed by atoms with Crippen LogP contribution in [0.4, 0.5) is 5.69 Å². The summed E-state index contributed by atoms with van der Waals surface area (Å²) in [4.78, 5) is 11.0. The van der Waals surface area contributed by atoms with Crippen molar-refractivity contribution in [2.75, 3.05) is 0 Å². The molecule has 0 amide bonds. The fourth-order valence-electron chi connectivity index (χ4n) is 1.38. The number of thioether (sulfide) groups is 1. The van der Waals surface area contributed by atoms with Crippen molar-refractivity contribution in [1.82, 2.24) is 0 Å². The first-order valence-electron chi connectivity index (χ1n) is 5.18. The fourth-order valence-corrected chi connectivity index (χ4v) is 2.54. The lowest BCUT2D eigenvalue weighted by Crippen LogP contribution is -1.91. The second kappa shape index (κ2) is 5.75. The third-order valence-electron chi connectivity index (χ3n) is 2.27. The topological polar surface area (TPSA) is 43.1 Å². The van der Waals surface area contributed by atoms with Crippen LogP contribution in [-0.2, 0) is 0 Å². The van der Waals surface area contributed by atoms with Gasteiger partial charge in [0.15, 0.2) is 0 Å². The van der Waals surface area contributed by atoms with E-state index in [-0.39, 0.29) is 5.69 Å². The van der Waals surface area contributed by atoms with Crippen LogP contribution in [0.5, 0.6) is 0 Å². The molecule has 2 rings (SSSR count). The van der Waals surface area contributed by atoms with E-state index >= 15 is 0 Å². The van der Waals surface area contributed by atoms with Crippen molar-refractivity contribution in [1.29, 1.82) is 0 Å². The molecule has 0 bridgehead atoms. The Balaban J connectivity index is 2.10. The van der Waals surface area contributed by atoms with Gasteiger partial charge in [0.1, 0.15) is 0 Å². The van der Waals surface area contributed by atoms with Gasteiger partial charge >= 0.3 is 0 Å². The van der Waals surface area contributed by atoms with Crippen LogP contribution in [0.2, 0.25) is 0 Å². The standard InChI is InChI=1S/C13H9NO2S2/c15-14(16)11-6-8-12(9-7-11)18-13(17)10-4-2-1-3-5-10/h1-9H. The average molecular weight is 275 g/mol. The number of hydrogen-bond acceptors (Lipinski definition) is 4. The third kappa shape index (κ3) is 3.15. The number of nitrogens with zero attached hydrogens (tertiary/aromatic N) is 1. The van der Waals surface area contributed by atoms with Crippen molar-refractivity contribution >= 4 is 33.9 Å². The highest BCUT2D eigenvalue weighted by molar-refractivity contribution is 8.23. The van der Waals surface area contributed by atoms with Crippen LogP contribution < -0.4 is 0 Å². The highest BCUT2D eigenvalue weighted by atomic mass is 32.2. The Hall–Kier alpha value is -1.72. The van der Waals surface area contributed by atoms with Crippen LogP contribution in [0.1, 0.15) is 5.56 Å². The number of thiocarbonyl (C=S) groups is 1. The lowest BCUT2D eigenvalue weighted by molar-refractivity contribution is -0.384. The molecule has 0 aliphatic carbocycles. The van der Waals surface area contributed by atoms with Crippen LogP contribution in [0.15, 0.2) is 59.5 Å². The normalized spacial score (nSPS) is 10.0. The molecule has 0 saturated heterocycles. The van der Waals surface area contributed by atoms with Gasteiger partial charge in [-0.2, -0.15) is 0 Å². The Bertz CT molecular complexity index is 567. The predicted octanol–water partition coefficient (Wildman–Crippen LogP) is 4.06. The second-order valence-corrected chi connectivity index (χ2v) is 5.26. The van der Waals surface area contributed by atoms with E-state index in [1.807, 2.05) is 30.3 Å². The van der Waals surface area contributed by atoms with Crippen LogP contribution >= 0.6 is 24.0 Å². The van der Waals surface area contributed by atoms with E-state index < -0.39 is 4.92 Å². The zero-order valence-corrected chi connectivity index (χ0v) is 10.9. The number of nitro groups is 1. The van der Waals surface area contributed by atoms with Gasteiger partial charge in [0, 0.05) is 17.0 Å². The van der Waals surface area contributed by atoms with Crippen LogP contribution in [-0.4, -0.2) is 9.12 Å². The molecule has 0 saturated carbocycles. The van der Waals surface area contributed by atoms with Crippen LogP contribution in [0.3, 0.4) is 0 Å². The first-order chi connectivity index (χ1) is 8.66. The molecular formula is C13H9NO2S2. The van der Waals surface area contributed by atoms with Crippen molar-refractivity contribution in [2.45, 2.75) is 4.90 Å². The summed E-state index contributed by atoms with van der Waals surface area (Å²) in [5.74, 6) is 0. The number of non-ortho nitro benzene ring substituents is 1. The lowest BCUT2D eigenvalue weighted by atomic mass is 10.2. The van der Waals surface area contributed by atoms with E-state index in [0.29, 0.717) is 0 Å². The van der Waals surface area contributed by atoms with Crippen molar-refractivity contribution in [3.8, 4) is 0 Å². The smallest absolute Gasteiger partial charge is 0.258 e. The molecule has 0 spiro atoms. The Morgan fingerprint density at radius 3 is 2.22 bits per heavy atom. The molecule has 0 heterocycles. The molecule has 0 atom stereocenters. The zero-order chi connectivity index (χ0) is 13.0. The van der Waals surface area contributed by atoms with Gasteiger partial charge in [-0.1, -0.05) is 54.3 Å². The SMILES string of the molecule is O=[N+]([O-])c1ccc(SC(=S)c2ccccc2)cc1. The van der Waals surface area contributed by atoms with Gasteiger partial charge in [-0.15, -0.1) is 0 Å². The molecule has 0 N–H and O–H groups in total. The third-order valence-corrected chi connectivity index (χ3v) is 3.68. The molecule has 0 fully saturated rings. The Labute approximate surface area is 114 Å². The molecule has 0 aliphatic rings. The Morgan fingerprint density at radius 2 is 1.67 bits per heavy atom. The zero-order valence-electron chi connectivity index (χ0n) is 9.28. The minimum atomic E-state index is -0.413. The summed E-state index contributed by atoms with van der Waals surface area (Å²) in [5, 5.41) is 10.5. The molecule has 0 radical (unpaired) electrons. The summed E-state index contributed by atoms with van der Waals surface area (Å²) >= 11 is 6.74. The van der Waals surface area contributed by atoms with E-state index in [4.69, 9.17) is 12.2 Å². The number of benzene rings is 2. The van der Waals surface area contributed by atoms with Gasteiger partial charge in [0.2, 0.25) is 0 Å². The van der Waals surface area contributed by atoms with Crippen LogP contribution in [0, 0.1) is 10.1 Å². The highest BCUT2D eigenvalue weighted by Gasteiger charge is 2.06. The molecule has 5 heteroatoms. The molecule has 3 nitrogen and oxygen atoms in total. The van der Waals surface area contributed by atoms with Crippen molar-refractivity contribution < 1.29 is 4.92 Å². The molecule has 2 aromatic carbocycles. The van der Waals surface area contributed by atoms with Gasteiger partial charge < -0.3 is 0 Å². The molecule has 90 valence electrons. The molecule has 2 aromatic rings. The minimum absolute atomic E-state index is 0.0879. The molecule has 0 aromatic heterocycles. The molecule has 18 heavy (non-hydrogen) atoms. The maximum Gasteiger partial charge on any atom is 0.269 e. The first kappa shape index (κ1) is 12.7. The maximum absolute atomic E-state index is 10.5. The number of hydrogen-bond donors (Lipinski definition) is 0. The van der Waals surface area contributed by atoms with E-state index in [1.165, 1.54) is 23.9 Å². The minimum Gasteiger partial charge on any atom is -0.258 e. The average Bonchev–Trinajstić information content (AvgIpc) is 2.40. The van der Waals surface area contributed by atoms with Gasteiger partial charge in [-0.25, -0.2) is 0 Å². The summed E-state index contributed by atoms with van der Waals surface area (Å²) in [6.07, 6.45) is 0. The van der Waals surface area contributed by atoms with Gasteiger partial charge in [0.25, 0.3) is 5.69 Å². The quantitative estimate of drug-likeness (QED) is 0.366. The maximum atomic E-state index is 10.5. The van der Waals surface area contributed by atoms with Crippen molar-refractivity contribution in [3.05, 3.63) is 70.3 Å². The first-order valence-corrected chi connectivity index (χ1v) is 6.41. The summed E-state index contributed by atoms with van der Waals surface area (Å²) in [6.45, 7) is 0. The number of nitro benzene ring substituents is 1. The predicted molar refractivity (Wildman–Crippen MR) is 77.1 cm³/mol. The largest absolute Gasteiger partial charge is 0.269 e.